The van der Waals surface area contributed by atoms with E-state index in [1.165, 1.54) is 0 Å². The molecule has 3 rings (SSSR count). The van der Waals surface area contributed by atoms with Crippen molar-refractivity contribution in [2.75, 3.05) is 17.7 Å². The maximum atomic E-state index is 12.4. The van der Waals surface area contributed by atoms with Crippen molar-refractivity contribution in [2.24, 2.45) is 0 Å². The third-order valence-corrected chi connectivity index (χ3v) is 4.04. The number of esters is 1. The molecule has 1 heterocycles. The lowest BCUT2D eigenvalue weighted by molar-refractivity contribution is 0.0526. The average Bonchev–Trinajstić information content (AvgIpc) is 2.92. The Balaban J connectivity index is 1.80. The van der Waals surface area contributed by atoms with E-state index in [2.05, 4.69) is 21.2 Å². The minimum Gasteiger partial charge on any atom is -0.462 e. The molecule has 7 heteroatoms. The van der Waals surface area contributed by atoms with E-state index < -0.39 is 11.9 Å². The summed E-state index contributed by atoms with van der Waals surface area (Å²) >= 11 is 3.36. The minimum absolute atomic E-state index is 0.0440. The summed E-state index contributed by atoms with van der Waals surface area (Å²) in [6.45, 7) is 2.04. The Labute approximate surface area is 152 Å². The van der Waals surface area contributed by atoms with Gasteiger partial charge in [-0.1, -0.05) is 15.9 Å². The van der Waals surface area contributed by atoms with Gasteiger partial charge in [0.05, 0.1) is 17.9 Å². The van der Waals surface area contributed by atoms with Gasteiger partial charge in [-0.2, -0.15) is 0 Å². The summed E-state index contributed by atoms with van der Waals surface area (Å²) in [5, 5.41) is 3.36. The number of benzene rings is 2. The molecule has 0 bridgehead atoms. The predicted molar refractivity (Wildman–Crippen MR) is 98.7 cm³/mol. The largest absolute Gasteiger partial charge is 0.462 e. The van der Waals surface area contributed by atoms with Gasteiger partial charge in [-0.25, -0.2) is 4.79 Å². The Bertz CT molecular complexity index is 948. The number of amides is 1. The molecule has 0 aliphatic carbocycles. The number of nitrogens with one attached hydrogen (secondary N) is 1. The van der Waals surface area contributed by atoms with Gasteiger partial charge in [-0.3, -0.25) is 4.79 Å². The van der Waals surface area contributed by atoms with E-state index in [0.29, 0.717) is 28.8 Å². The van der Waals surface area contributed by atoms with Gasteiger partial charge in [0.25, 0.3) is 5.91 Å². The molecule has 0 fully saturated rings. The molecule has 0 atom stereocenters. The fourth-order valence-corrected chi connectivity index (χ4v) is 2.71. The SMILES string of the molecule is CCOC(=O)c1ccc(NC(=O)c2oc3ccc(Br)cc3c2N)cc1. The Morgan fingerprint density at radius 1 is 1.20 bits per heavy atom. The van der Waals surface area contributed by atoms with Gasteiger partial charge >= 0.3 is 5.97 Å². The summed E-state index contributed by atoms with van der Waals surface area (Å²) in [5.41, 5.74) is 7.75. The lowest BCUT2D eigenvalue weighted by atomic mass is 10.2. The van der Waals surface area contributed by atoms with Gasteiger partial charge in [0.1, 0.15) is 5.58 Å². The molecule has 0 saturated heterocycles. The first-order valence-electron chi connectivity index (χ1n) is 7.55. The number of ether oxygens (including phenoxy) is 1. The lowest BCUT2D eigenvalue weighted by Crippen LogP contribution is -2.13. The Morgan fingerprint density at radius 2 is 1.92 bits per heavy atom. The highest BCUT2D eigenvalue weighted by molar-refractivity contribution is 9.10. The van der Waals surface area contributed by atoms with E-state index in [4.69, 9.17) is 14.9 Å². The van der Waals surface area contributed by atoms with E-state index in [-0.39, 0.29) is 11.4 Å². The first-order valence-corrected chi connectivity index (χ1v) is 8.35. The molecule has 25 heavy (non-hydrogen) atoms. The van der Waals surface area contributed by atoms with Gasteiger partial charge < -0.3 is 20.2 Å². The van der Waals surface area contributed by atoms with Crippen molar-refractivity contribution in [3.8, 4) is 0 Å². The maximum absolute atomic E-state index is 12.4. The topological polar surface area (TPSA) is 94.6 Å². The van der Waals surface area contributed by atoms with Crippen LogP contribution in [0.2, 0.25) is 0 Å². The molecule has 0 spiro atoms. The minimum atomic E-state index is -0.464. The molecule has 128 valence electrons. The van der Waals surface area contributed by atoms with Crippen molar-refractivity contribution in [1.29, 1.82) is 0 Å². The molecule has 1 aromatic heterocycles. The van der Waals surface area contributed by atoms with Crippen LogP contribution >= 0.6 is 15.9 Å². The number of hydrogen-bond donors (Lipinski definition) is 2. The van der Waals surface area contributed by atoms with E-state index in [1.54, 1.807) is 49.4 Å². The zero-order valence-electron chi connectivity index (χ0n) is 13.3. The molecule has 0 radical (unpaired) electrons. The number of rotatable bonds is 4. The van der Waals surface area contributed by atoms with Crippen molar-refractivity contribution in [3.63, 3.8) is 0 Å². The fraction of sp³-hybridized carbons (Fsp3) is 0.111. The highest BCUT2D eigenvalue weighted by Crippen LogP contribution is 2.31. The van der Waals surface area contributed by atoms with Gasteiger partial charge in [0.2, 0.25) is 5.76 Å². The average molecular weight is 403 g/mol. The number of carbonyl (C=O) groups excluding carboxylic acids is 2. The van der Waals surface area contributed by atoms with Gasteiger partial charge in [0, 0.05) is 15.5 Å². The Morgan fingerprint density at radius 3 is 2.60 bits per heavy atom. The number of fused-ring (bicyclic) bond motifs is 1. The van der Waals surface area contributed by atoms with Crippen LogP contribution in [0.4, 0.5) is 11.4 Å². The highest BCUT2D eigenvalue weighted by atomic mass is 79.9. The van der Waals surface area contributed by atoms with Crippen LogP contribution in [-0.2, 0) is 4.74 Å². The molecule has 0 saturated carbocycles. The fourth-order valence-electron chi connectivity index (χ4n) is 2.35. The smallest absolute Gasteiger partial charge is 0.338 e. The number of carbonyl (C=O) groups is 2. The summed E-state index contributed by atoms with van der Waals surface area (Å²) in [5.74, 6) is -0.830. The molecular formula is C18H15BrN2O4. The molecule has 3 aromatic rings. The van der Waals surface area contributed by atoms with E-state index in [9.17, 15) is 9.59 Å². The normalized spacial score (nSPS) is 10.6. The lowest BCUT2D eigenvalue weighted by Gasteiger charge is -2.05. The van der Waals surface area contributed by atoms with Gasteiger partial charge in [-0.05, 0) is 49.4 Å². The molecule has 1 amide bonds. The number of halogens is 1. The first kappa shape index (κ1) is 17.0. The molecule has 0 aliphatic heterocycles. The monoisotopic (exact) mass is 402 g/mol. The molecule has 6 nitrogen and oxygen atoms in total. The predicted octanol–water partition coefficient (Wildman–Crippen LogP) is 4.21. The second-order valence-electron chi connectivity index (χ2n) is 5.24. The van der Waals surface area contributed by atoms with Crippen molar-refractivity contribution >= 4 is 50.2 Å². The number of nitrogens with two attached hydrogens (primary N) is 1. The third kappa shape index (κ3) is 3.51. The quantitative estimate of drug-likeness (QED) is 0.637. The van der Waals surface area contributed by atoms with Crippen LogP contribution in [0.5, 0.6) is 0 Å². The van der Waals surface area contributed by atoms with Crippen LogP contribution in [0.3, 0.4) is 0 Å². The number of hydrogen-bond acceptors (Lipinski definition) is 5. The van der Waals surface area contributed by atoms with E-state index in [1.807, 2.05) is 0 Å². The summed E-state index contributed by atoms with van der Waals surface area (Å²) in [6.07, 6.45) is 0. The van der Waals surface area contributed by atoms with Crippen molar-refractivity contribution in [2.45, 2.75) is 6.92 Å². The number of anilines is 2. The van der Waals surface area contributed by atoms with Crippen LogP contribution in [0.25, 0.3) is 11.0 Å². The van der Waals surface area contributed by atoms with Crippen LogP contribution in [0.1, 0.15) is 27.8 Å². The van der Waals surface area contributed by atoms with Crippen molar-refractivity contribution in [1.82, 2.24) is 0 Å². The van der Waals surface area contributed by atoms with Crippen LogP contribution < -0.4 is 11.1 Å². The molecule has 0 aliphatic rings. The van der Waals surface area contributed by atoms with Crippen molar-refractivity contribution < 1.29 is 18.7 Å². The molecule has 0 unspecified atom stereocenters. The summed E-state index contributed by atoms with van der Waals surface area (Å²) in [7, 11) is 0. The second-order valence-corrected chi connectivity index (χ2v) is 6.15. The first-order chi connectivity index (χ1) is 12.0. The van der Waals surface area contributed by atoms with Gasteiger partial charge in [0.15, 0.2) is 0 Å². The molecule has 2 aromatic carbocycles. The summed E-state index contributed by atoms with van der Waals surface area (Å²) in [6, 6.07) is 11.7. The van der Waals surface area contributed by atoms with Gasteiger partial charge in [-0.15, -0.1) is 0 Å². The standard InChI is InChI=1S/C18H15BrN2O4/c1-2-24-18(23)10-3-6-12(7-4-10)21-17(22)16-15(20)13-9-11(19)5-8-14(13)25-16/h3-9H,2,20H2,1H3,(H,21,22). The Hall–Kier alpha value is -2.80. The van der Waals surface area contributed by atoms with E-state index >= 15 is 0 Å². The maximum Gasteiger partial charge on any atom is 0.338 e. The van der Waals surface area contributed by atoms with Crippen molar-refractivity contribution in [3.05, 3.63) is 58.3 Å². The number of nitrogen functional groups attached to an aromatic ring is 1. The van der Waals surface area contributed by atoms with E-state index in [0.717, 1.165) is 4.47 Å². The summed E-state index contributed by atoms with van der Waals surface area (Å²) in [4.78, 5) is 24.0. The number of furan rings is 1. The zero-order chi connectivity index (χ0) is 18.0. The van der Waals surface area contributed by atoms with Crippen LogP contribution in [-0.4, -0.2) is 18.5 Å². The summed E-state index contributed by atoms with van der Waals surface area (Å²) < 4.78 is 11.3. The molecular weight excluding hydrogens is 388 g/mol. The highest BCUT2D eigenvalue weighted by Gasteiger charge is 2.19. The second kappa shape index (κ2) is 6.98. The van der Waals surface area contributed by atoms with Crippen LogP contribution in [0.15, 0.2) is 51.4 Å². The molecule has 3 N–H and O–H groups in total. The third-order valence-electron chi connectivity index (χ3n) is 3.55. The Kier molecular flexibility index (Phi) is 4.76. The van der Waals surface area contributed by atoms with Crippen LogP contribution in [0, 0.1) is 0 Å². The zero-order valence-corrected chi connectivity index (χ0v) is 14.9.